The number of rotatable bonds is 7. The van der Waals surface area contributed by atoms with E-state index in [2.05, 4.69) is 31.1 Å². The van der Waals surface area contributed by atoms with Crippen LogP contribution in [0, 0.1) is 0 Å². The van der Waals surface area contributed by atoms with Crippen LogP contribution in [0.1, 0.15) is 33.1 Å². The summed E-state index contributed by atoms with van der Waals surface area (Å²) in [5, 5.41) is 3.44. The monoisotopic (exact) mass is 214 g/mol. The second kappa shape index (κ2) is 7.20. The highest BCUT2D eigenvalue weighted by molar-refractivity contribution is 4.68. The zero-order valence-electron chi connectivity index (χ0n) is 10.5. The van der Waals surface area contributed by atoms with Crippen molar-refractivity contribution in [3.05, 3.63) is 0 Å². The lowest BCUT2D eigenvalue weighted by Gasteiger charge is -2.20. The van der Waals surface area contributed by atoms with Crippen molar-refractivity contribution in [2.45, 2.75) is 45.3 Å². The largest absolute Gasteiger partial charge is 0.377 e. The maximum Gasteiger partial charge on any atom is 0.0702 e. The predicted molar refractivity (Wildman–Crippen MR) is 64.2 cm³/mol. The van der Waals surface area contributed by atoms with Crippen LogP contribution in [0.2, 0.25) is 0 Å². The molecule has 90 valence electrons. The molecule has 1 atom stereocenters. The molecule has 1 rings (SSSR count). The molecule has 0 bridgehead atoms. The van der Waals surface area contributed by atoms with Crippen LogP contribution < -0.4 is 5.32 Å². The Morgan fingerprint density at radius 3 is 2.87 bits per heavy atom. The molecule has 0 aromatic heterocycles. The first-order valence-electron chi connectivity index (χ1n) is 6.22. The third-order valence-electron chi connectivity index (χ3n) is 2.81. The molecule has 1 N–H and O–H groups in total. The Bertz CT molecular complexity index is 156. The van der Waals surface area contributed by atoms with Gasteiger partial charge >= 0.3 is 0 Å². The van der Waals surface area contributed by atoms with E-state index < -0.39 is 0 Å². The summed E-state index contributed by atoms with van der Waals surface area (Å²) in [6.07, 6.45) is 4.21. The van der Waals surface area contributed by atoms with Crippen molar-refractivity contribution in [3.63, 3.8) is 0 Å². The zero-order chi connectivity index (χ0) is 11.1. The van der Waals surface area contributed by atoms with Gasteiger partial charge in [-0.3, -0.25) is 0 Å². The fourth-order valence-corrected chi connectivity index (χ4v) is 1.97. The molecular formula is C12H26N2O. The smallest absolute Gasteiger partial charge is 0.0702 e. The molecule has 1 saturated heterocycles. The molecule has 1 fully saturated rings. The highest BCUT2D eigenvalue weighted by Crippen LogP contribution is 2.12. The summed E-state index contributed by atoms with van der Waals surface area (Å²) < 4.78 is 5.61. The summed E-state index contributed by atoms with van der Waals surface area (Å²) in [7, 11) is 2.19. The highest BCUT2D eigenvalue weighted by atomic mass is 16.5. The third-order valence-corrected chi connectivity index (χ3v) is 2.81. The van der Waals surface area contributed by atoms with E-state index in [1.807, 2.05) is 0 Å². The van der Waals surface area contributed by atoms with E-state index >= 15 is 0 Å². The van der Waals surface area contributed by atoms with Gasteiger partial charge < -0.3 is 15.0 Å². The fraction of sp³-hybridized carbons (Fsp3) is 1.00. The van der Waals surface area contributed by atoms with Crippen molar-refractivity contribution >= 4 is 0 Å². The van der Waals surface area contributed by atoms with Gasteiger partial charge in [-0.2, -0.15) is 0 Å². The zero-order valence-corrected chi connectivity index (χ0v) is 10.5. The van der Waals surface area contributed by atoms with Gasteiger partial charge in [-0.15, -0.1) is 0 Å². The minimum atomic E-state index is 0.494. The molecule has 0 aromatic carbocycles. The minimum Gasteiger partial charge on any atom is -0.377 e. The molecule has 0 aliphatic carbocycles. The average Bonchev–Trinajstić information content (AvgIpc) is 2.64. The van der Waals surface area contributed by atoms with Gasteiger partial charge in [0, 0.05) is 19.2 Å². The first-order chi connectivity index (χ1) is 7.18. The second-order valence-electron chi connectivity index (χ2n) is 4.86. The summed E-state index contributed by atoms with van der Waals surface area (Å²) in [5.74, 6) is 0. The van der Waals surface area contributed by atoms with Gasteiger partial charge in [-0.25, -0.2) is 0 Å². The van der Waals surface area contributed by atoms with Crippen LogP contribution in [-0.4, -0.2) is 50.3 Å². The summed E-state index contributed by atoms with van der Waals surface area (Å²) >= 11 is 0. The molecule has 15 heavy (non-hydrogen) atoms. The van der Waals surface area contributed by atoms with E-state index in [0.717, 1.165) is 19.7 Å². The molecule has 1 unspecified atom stereocenters. The van der Waals surface area contributed by atoms with Crippen LogP contribution in [0.3, 0.4) is 0 Å². The lowest BCUT2D eigenvalue weighted by Crippen LogP contribution is -2.32. The Morgan fingerprint density at radius 2 is 2.27 bits per heavy atom. The Morgan fingerprint density at radius 1 is 1.47 bits per heavy atom. The lowest BCUT2D eigenvalue weighted by molar-refractivity contribution is 0.0809. The van der Waals surface area contributed by atoms with E-state index in [0.29, 0.717) is 12.1 Å². The summed E-state index contributed by atoms with van der Waals surface area (Å²) in [4.78, 5) is 2.39. The van der Waals surface area contributed by atoms with Gasteiger partial charge in [0.25, 0.3) is 0 Å². The maximum atomic E-state index is 5.61. The molecule has 1 aliphatic heterocycles. The predicted octanol–water partition coefficient (Wildman–Crippen LogP) is 1.49. The van der Waals surface area contributed by atoms with Gasteiger partial charge in [0.1, 0.15) is 0 Å². The van der Waals surface area contributed by atoms with Gasteiger partial charge in [0.05, 0.1) is 6.10 Å². The van der Waals surface area contributed by atoms with Crippen molar-refractivity contribution < 1.29 is 4.74 Å². The molecule has 0 aromatic rings. The van der Waals surface area contributed by atoms with Crippen LogP contribution >= 0.6 is 0 Å². The van der Waals surface area contributed by atoms with Crippen molar-refractivity contribution in [2.75, 3.05) is 33.3 Å². The topological polar surface area (TPSA) is 24.5 Å². The number of ether oxygens (including phenoxy) is 1. The number of hydrogen-bond donors (Lipinski definition) is 1. The van der Waals surface area contributed by atoms with Crippen LogP contribution in [0.4, 0.5) is 0 Å². The SMILES string of the molecule is CC(C)NCCCN(C)CC1CCCO1. The third kappa shape index (κ3) is 6.13. The molecule has 3 nitrogen and oxygen atoms in total. The van der Waals surface area contributed by atoms with Crippen LogP contribution in [0.5, 0.6) is 0 Å². The Labute approximate surface area is 94.2 Å². The van der Waals surface area contributed by atoms with E-state index in [-0.39, 0.29) is 0 Å². The molecular weight excluding hydrogens is 188 g/mol. The molecule has 1 heterocycles. The van der Waals surface area contributed by atoms with Crippen LogP contribution in [0.25, 0.3) is 0 Å². The van der Waals surface area contributed by atoms with Gasteiger partial charge in [-0.1, -0.05) is 13.8 Å². The first kappa shape index (κ1) is 12.9. The Hall–Kier alpha value is -0.120. The van der Waals surface area contributed by atoms with E-state index in [9.17, 15) is 0 Å². The van der Waals surface area contributed by atoms with E-state index in [1.165, 1.54) is 25.8 Å². The molecule has 0 saturated carbocycles. The molecule has 0 spiro atoms. The first-order valence-corrected chi connectivity index (χ1v) is 6.22. The summed E-state index contributed by atoms with van der Waals surface area (Å²) in [5.41, 5.74) is 0. The highest BCUT2D eigenvalue weighted by Gasteiger charge is 2.16. The summed E-state index contributed by atoms with van der Waals surface area (Å²) in [6, 6.07) is 0.605. The standard InChI is InChI=1S/C12H26N2O/c1-11(2)13-7-5-8-14(3)10-12-6-4-9-15-12/h11-13H,4-10H2,1-3H3. The normalized spacial score (nSPS) is 21.8. The van der Waals surface area contributed by atoms with Crippen LogP contribution in [0.15, 0.2) is 0 Å². The van der Waals surface area contributed by atoms with Crippen LogP contribution in [-0.2, 0) is 4.74 Å². The lowest BCUT2D eigenvalue weighted by atomic mass is 10.2. The molecule has 0 amide bonds. The van der Waals surface area contributed by atoms with Gasteiger partial charge in [-0.05, 0) is 39.4 Å². The van der Waals surface area contributed by atoms with Crippen molar-refractivity contribution in [1.29, 1.82) is 0 Å². The molecule has 0 radical (unpaired) electrons. The van der Waals surface area contributed by atoms with Crippen molar-refractivity contribution in [3.8, 4) is 0 Å². The number of hydrogen-bond acceptors (Lipinski definition) is 3. The average molecular weight is 214 g/mol. The van der Waals surface area contributed by atoms with Gasteiger partial charge in [0.15, 0.2) is 0 Å². The number of likely N-dealkylation sites (N-methyl/N-ethyl adjacent to an activating group) is 1. The van der Waals surface area contributed by atoms with E-state index in [4.69, 9.17) is 4.74 Å². The molecule has 1 aliphatic rings. The number of nitrogens with one attached hydrogen (secondary N) is 1. The van der Waals surface area contributed by atoms with Crippen molar-refractivity contribution in [1.82, 2.24) is 10.2 Å². The Kier molecular flexibility index (Phi) is 6.22. The number of nitrogens with zero attached hydrogens (tertiary/aromatic N) is 1. The van der Waals surface area contributed by atoms with Gasteiger partial charge in [0.2, 0.25) is 0 Å². The quantitative estimate of drug-likeness (QED) is 0.650. The second-order valence-corrected chi connectivity index (χ2v) is 4.86. The Balaban J connectivity index is 1.95. The fourth-order valence-electron chi connectivity index (χ4n) is 1.97. The summed E-state index contributed by atoms with van der Waals surface area (Å²) in [6.45, 7) is 8.73. The van der Waals surface area contributed by atoms with E-state index in [1.54, 1.807) is 0 Å². The molecule has 3 heteroatoms. The maximum absolute atomic E-state index is 5.61. The van der Waals surface area contributed by atoms with Crippen molar-refractivity contribution in [2.24, 2.45) is 0 Å². The minimum absolute atomic E-state index is 0.494.